The van der Waals surface area contributed by atoms with Crippen molar-refractivity contribution in [2.75, 3.05) is 0 Å². The van der Waals surface area contributed by atoms with Gasteiger partial charge in [-0.25, -0.2) is 0 Å². The molecule has 0 radical (unpaired) electrons. The number of hydrogen-bond acceptors (Lipinski definition) is 1. The standard InChI is InChI=1S/C44H66SSi/c1-13-29-25-38-39(31-19-23-33(24-20-31)44(8,9)10)28(4)45-40(38)41(29)46(11,12)42-35-16-14-15-34(37(35)26-36(42)27(2)3)30-17-21-32(22-18-30)43(5,6)7/h17-24,27,29,34-38,40-42H,13-16,25-26H2,1-12H3. The molecule has 3 aliphatic carbocycles. The van der Waals surface area contributed by atoms with Crippen LogP contribution in [0, 0.1) is 35.5 Å². The van der Waals surface area contributed by atoms with Crippen molar-refractivity contribution in [3.05, 3.63) is 75.7 Å². The van der Waals surface area contributed by atoms with Crippen molar-refractivity contribution in [2.45, 2.75) is 154 Å². The maximum atomic E-state index is 2.90. The van der Waals surface area contributed by atoms with E-state index in [4.69, 9.17) is 0 Å². The summed E-state index contributed by atoms with van der Waals surface area (Å²) in [4.78, 5) is 1.63. The third-order valence-electron chi connectivity index (χ3n) is 13.8. The Morgan fingerprint density at radius 1 is 0.761 bits per heavy atom. The summed E-state index contributed by atoms with van der Waals surface area (Å²) in [5, 5.41) is 0.792. The molecule has 0 N–H and O–H groups in total. The van der Waals surface area contributed by atoms with Crippen molar-refractivity contribution in [3.63, 3.8) is 0 Å². The van der Waals surface area contributed by atoms with E-state index in [9.17, 15) is 0 Å². The zero-order chi connectivity index (χ0) is 33.3. The fourth-order valence-electron chi connectivity index (χ4n) is 11.6. The first-order chi connectivity index (χ1) is 21.5. The van der Waals surface area contributed by atoms with Gasteiger partial charge < -0.3 is 0 Å². The fourth-order valence-corrected chi connectivity index (χ4v) is 20.7. The number of thioether (sulfide) groups is 1. The van der Waals surface area contributed by atoms with E-state index in [1.54, 1.807) is 16.0 Å². The molecule has 0 spiro atoms. The predicted molar refractivity (Wildman–Crippen MR) is 208 cm³/mol. The Labute approximate surface area is 289 Å². The highest BCUT2D eigenvalue weighted by atomic mass is 32.2. The molecule has 9 unspecified atom stereocenters. The van der Waals surface area contributed by atoms with E-state index in [-0.39, 0.29) is 10.8 Å². The highest BCUT2D eigenvalue weighted by molar-refractivity contribution is 8.04. The van der Waals surface area contributed by atoms with E-state index in [2.05, 4.69) is 143 Å². The Kier molecular flexibility index (Phi) is 9.46. The lowest BCUT2D eigenvalue weighted by atomic mass is 9.70. The molecule has 6 rings (SSSR count). The van der Waals surface area contributed by atoms with Crippen LogP contribution in [0.3, 0.4) is 0 Å². The molecule has 1 heterocycles. The van der Waals surface area contributed by atoms with Gasteiger partial charge in [-0.1, -0.05) is 143 Å². The predicted octanol–water partition coefficient (Wildman–Crippen LogP) is 13.5. The number of fused-ring (bicyclic) bond motifs is 2. The van der Waals surface area contributed by atoms with Gasteiger partial charge >= 0.3 is 0 Å². The molecule has 3 fully saturated rings. The molecule has 0 nitrogen and oxygen atoms in total. The van der Waals surface area contributed by atoms with Crippen molar-refractivity contribution in [1.82, 2.24) is 0 Å². The minimum Gasteiger partial charge on any atom is -0.127 e. The van der Waals surface area contributed by atoms with E-state index in [1.807, 2.05) is 0 Å². The molecule has 2 aromatic rings. The first kappa shape index (κ1) is 34.6. The van der Waals surface area contributed by atoms with Gasteiger partial charge in [0.05, 0.1) is 8.07 Å². The Hall–Kier alpha value is -1.25. The maximum absolute atomic E-state index is 2.90. The Balaban J connectivity index is 1.30. The topological polar surface area (TPSA) is 0 Å². The van der Waals surface area contributed by atoms with Gasteiger partial charge in [-0.05, 0) is 122 Å². The van der Waals surface area contributed by atoms with Crippen LogP contribution in [0.25, 0.3) is 5.57 Å². The molecule has 2 heteroatoms. The molecular weight excluding hydrogens is 589 g/mol. The van der Waals surface area contributed by atoms with E-state index in [0.717, 1.165) is 57.8 Å². The number of rotatable bonds is 6. The second-order valence-electron chi connectivity index (χ2n) is 19.1. The molecule has 46 heavy (non-hydrogen) atoms. The van der Waals surface area contributed by atoms with Crippen LogP contribution in [0.2, 0.25) is 24.2 Å². The van der Waals surface area contributed by atoms with E-state index >= 15 is 0 Å². The number of benzene rings is 2. The molecule has 2 aromatic carbocycles. The van der Waals surface area contributed by atoms with Crippen LogP contribution in [-0.4, -0.2) is 13.3 Å². The van der Waals surface area contributed by atoms with Gasteiger partial charge in [0.25, 0.3) is 0 Å². The van der Waals surface area contributed by atoms with Gasteiger partial charge in [0.1, 0.15) is 0 Å². The van der Waals surface area contributed by atoms with Crippen molar-refractivity contribution >= 4 is 25.4 Å². The third kappa shape index (κ3) is 6.07. The van der Waals surface area contributed by atoms with Crippen molar-refractivity contribution in [3.8, 4) is 0 Å². The molecule has 0 amide bonds. The van der Waals surface area contributed by atoms with Crippen molar-refractivity contribution in [2.24, 2.45) is 35.5 Å². The van der Waals surface area contributed by atoms with Crippen LogP contribution in [0.15, 0.2) is 53.4 Å². The fraction of sp³-hybridized carbons (Fsp3) is 0.682. The summed E-state index contributed by atoms with van der Waals surface area (Å²) < 4.78 is 0. The third-order valence-corrected chi connectivity index (χ3v) is 20.7. The van der Waals surface area contributed by atoms with Gasteiger partial charge in [-0.15, -0.1) is 11.8 Å². The highest BCUT2D eigenvalue weighted by Gasteiger charge is 2.61. The van der Waals surface area contributed by atoms with Gasteiger partial charge in [-0.2, -0.15) is 0 Å². The smallest absolute Gasteiger partial charge is 0.0556 e. The van der Waals surface area contributed by atoms with Crippen molar-refractivity contribution in [1.29, 1.82) is 0 Å². The maximum Gasteiger partial charge on any atom is 0.0556 e. The highest BCUT2D eigenvalue weighted by Crippen LogP contribution is 2.69. The quantitative estimate of drug-likeness (QED) is 0.279. The lowest BCUT2D eigenvalue weighted by Crippen LogP contribution is -2.48. The lowest BCUT2D eigenvalue weighted by Gasteiger charge is -2.48. The van der Waals surface area contributed by atoms with Crippen LogP contribution < -0.4 is 0 Å². The molecule has 0 bridgehead atoms. The first-order valence-corrected chi connectivity index (χ1v) is 23.2. The average Bonchev–Trinajstić information content (AvgIpc) is 3.65. The molecule has 3 saturated carbocycles. The SMILES string of the molecule is CCC1CC2C(c3ccc(C(C)(C)C)cc3)=C(C)SC2C1[Si](C)(C)C1C(C(C)C)CC2C(c3ccc(C(C)(C)C)cc3)CCCC21. The lowest BCUT2D eigenvalue weighted by molar-refractivity contribution is 0.235. The summed E-state index contributed by atoms with van der Waals surface area (Å²) in [6.45, 7) is 30.0. The minimum absolute atomic E-state index is 0.205. The van der Waals surface area contributed by atoms with Crippen LogP contribution in [0.5, 0.6) is 0 Å². The summed E-state index contributed by atoms with van der Waals surface area (Å²) >= 11 is 2.32. The molecule has 252 valence electrons. The van der Waals surface area contributed by atoms with E-state index < -0.39 is 8.07 Å². The summed E-state index contributed by atoms with van der Waals surface area (Å²) in [5.74, 6) is 5.87. The second kappa shape index (κ2) is 12.6. The average molecular weight is 655 g/mol. The van der Waals surface area contributed by atoms with Gasteiger partial charge in [0.15, 0.2) is 0 Å². The Bertz CT molecular complexity index is 1400. The molecule has 0 saturated heterocycles. The molecule has 4 aliphatic rings. The minimum atomic E-state index is -1.65. The van der Waals surface area contributed by atoms with Gasteiger partial charge in [0.2, 0.25) is 0 Å². The number of allylic oxidation sites excluding steroid dienone is 2. The van der Waals surface area contributed by atoms with Crippen LogP contribution >= 0.6 is 11.8 Å². The van der Waals surface area contributed by atoms with Crippen LogP contribution in [0.4, 0.5) is 0 Å². The largest absolute Gasteiger partial charge is 0.127 e. The summed E-state index contributed by atoms with van der Waals surface area (Å²) in [6, 6.07) is 19.7. The summed E-state index contributed by atoms with van der Waals surface area (Å²) in [7, 11) is -1.65. The van der Waals surface area contributed by atoms with E-state index in [1.165, 1.54) is 55.2 Å². The molecular formula is C44H66SSi. The van der Waals surface area contributed by atoms with Crippen molar-refractivity contribution < 1.29 is 0 Å². The molecule has 9 atom stereocenters. The van der Waals surface area contributed by atoms with Crippen LogP contribution in [0.1, 0.15) is 136 Å². The second-order valence-corrected chi connectivity index (χ2v) is 25.5. The summed E-state index contributed by atoms with van der Waals surface area (Å²) in [5.41, 5.74) is 10.1. The van der Waals surface area contributed by atoms with Gasteiger partial charge in [-0.3, -0.25) is 0 Å². The number of hydrogen-bond donors (Lipinski definition) is 0. The van der Waals surface area contributed by atoms with Crippen LogP contribution in [-0.2, 0) is 10.8 Å². The zero-order valence-electron chi connectivity index (χ0n) is 31.5. The molecule has 1 aliphatic heterocycles. The first-order valence-electron chi connectivity index (χ1n) is 19.1. The zero-order valence-corrected chi connectivity index (χ0v) is 33.4. The Morgan fingerprint density at radius 2 is 1.35 bits per heavy atom. The Morgan fingerprint density at radius 3 is 1.89 bits per heavy atom. The van der Waals surface area contributed by atoms with E-state index in [0.29, 0.717) is 0 Å². The monoisotopic (exact) mass is 654 g/mol. The normalized spacial score (nSPS) is 33.5. The van der Waals surface area contributed by atoms with Gasteiger partial charge in [0, 0.05) is 5.25 Å². The molecule has 0 aromatic heterocycles. The summed E-state index contributed by atoms with van der Waals surface area (Å²) in [6.07, 6.45) is 8.56.